The minimum Gasteiger partial charge on any atom is -0.496 e. The summed E-state index contributed by atoms with van der Waals surface area (Å²) in [5, 5.41) is 0. The van der Waals surface area contributed by atoms with E-state index in [0.29, 0.717) is 4.99 Å². The maximum absolute atomic E-state index is 5.66. The number of nitrogens with zero attached hydrogens (tertiary/aromatic N) is 1. The zero-order chi connectivity index (χ0) is 13.1. The maximum atomic E-state index is 5.66. The quantitative estimate of drug-likeness (QED) is 0.828. The smallest absolute Gasteiger partial charge is 0.129 e. The largest absolute Gasteiger partial charge is 0.496 e. The Morgan fingerprint density at radius 3 is 2.72 bits per heavy atom. The van der Waals surface area contributed by atoms with E-state index in [9.17, 15) is 0 Å². The summed E-state index contributed by atoms with van der Waals surface area (Å²) in [6, 6.07) is 6.80. The Bertz CT molecular complexity index is 443. The summed E-state index contributed by atoms with van der Waals surface area (Å²) < 4.78 is 5.34. The first-order valence-electron chi connectivity index (χ1n) is 6.28. The van der Waals surface area contributed by atoms with Crippen molar-refractivity contribution in [1.82, 2.24) is 4.90 Å². The fourth-order valence-corrected chi connectivity index (χ4v) is 2.45. The third kappa shape index (κ3) is 2.82. The van der Waals surface area contributed by atoms with Gasteiger partial charge in [0.25, 0.3) is 0 Å². The SMILES string of the molecule is COc1cc(CN(C)C2CCC2)ccc1C(N)=S. The van der Waals surface area contributed by atoms with Gasteiger partial charge in [0.15, 0.2) is 0 Å². The number of hydrogen-bond acceptors (Lipinski definition) is 3. The van der Waals surface area contributed by atoms with Crippen LogP contribution in [0.1, 0.15) is 30.4 Å². The van der Waals surface area contributed by atoms with Crippen molar-refractivity contribution in [2.45, 2.75) is 31.8 Å². The third-order valence-electron chi connectivity index (χ3n) is 3.66. The van der Waals surface area contributed by atoms with E-state index >= 15 is 0 Å². The zero-order valence-corrected chi connectivity index (χ0v) is 11.8. The molecule has 1 aromatic carbocycles. The molecule has 0 amide bonds. The predicted molar refractivity (Wildman–Crippen MR) is 78.0 cm³/mol. The van der Waals surface area contributed by atoms with Gasteiger partial charge in [-0.1, -0.05) is 24.7 Å². The minimum atomic E-state index is 0.380. The molecule has 2 rings (SSSR count). The van der Waals surface area contributed by atoms with Crippen LogP contribution >= 0.6 is 12.2 Å². The summed E-state index contributed by atoms with van der Waals surface area (Å²) in [6.07, 6.45) is 4.00. The first kappa shape index (κ1) is 13.3. The van der Waals surface area contributed by atoms with Crippen molar-refractivity contribution in [2.24, 2.45) is 5.73 Å². The Kier molecular flexibility index (Phi) is 4.19. The van der Waals surface area contributed by atoms with Gasteiger partial charge in [0, 0.05) is 12.6 Å². The maximum Gasteiger partial charge on any atom is 0.129 e. The van der Waals surface area contributed by atoms with Crippen LogP contribution in [0.3, 0.4) is 0 Å². The topological polar surface area (TPSA) is 38.5 Å². The Morgan fingerprint density at radius 1 is 1.50 bits per heavy atom. The van der Waals surface area contributed by atoms with E-state index < -0.39 is 0 Å². The van der Waals surface area contributed by atoms with Gasteiger partial charge in [-0.05, 0) is 37.6 Å². The molecule has 0 unspecified atom stereocenters. The van der Waals surface area contributed by atoms with Crippen molar-refractivity contribution in [1.29, 1.82) is 0 Å². The highest BCUT2D eigenvalue weighted by Crippen LogP contribution is 2.26. The first-order chi connectivity index (χ1) is 8.61. The highest BCUT2D eigenvalue weighted by Gasteiger charge is 2.22. The molecular weight excluding hydrogens is 244 g/mol. The number of methoxy groups -OCH3 is 1. The molecule has 1 aliphatic carbocycles. The molecule has 2 N–H and O–H groups in total. The Hall–Kier alpha value is -1.13. The highest BCUT2D eigenvalue weighted by molar-refractivity contribution is 7.80. The molecule has 0 bridgehead atoms. The van der Waals surface area contributed by atoms with E-state index in [-0.39, 0.29) is 0 Å². The number of nitrogens with two attached hydrogens (primary N) is 1. The molecule has 98 valence electrons. The van der Waals surface area contributed by atoms with Crippen LogP contribution in [-0.4, -0.2) is 30.1 Å². The molecule has 1 aromatic rings. The second kappa shape index (κ2) is 5.67. The molecule has 3 nitrogen and oxygen atoms in total. The number of ether oxygens (including phenoxy) is 1. The van der Waals surface area contributed by atoms with E-state index in [1.54, 1.807) is 7.11 Å². The molecular formula is C14H20N2OS. The van der Waals surface area contributed by atoms with Crippen molar-refractivity contribution in [2.75, 3.05) is 14.2 Å². The van der Waals surface area contributed by atoms with Crippen LogP contribution in [0.2, 0.25) is 0 Å². The van der Waals surface area contributed by atoms with Gasteiger partial charge in [-0.3, -0.25) is 4.90 Å². The molecule has 4 heteroatoms. The molecule has 1 aliphatic rings. The predicted octanol–water partition coefficient (Wildman–Crippen LogP) is 2.31. The lowest BCUT2D eigenvalue weighted by Crippen LogP contribution is -2.36. The molecule has 0 aromatic heterocycles. The second-order valence-corrected chi connectivity index (χ2v) is 5.34. The van der Waals surface area contributed by atoms with Gasteiger partial charge in [0.05, 0.1) is 12.7 Å². The van der Waals surface area contributed by atoms with Gasteiger partial charge in [-0.2, -0.15) is 0 Å². The standard InChI is InChI=1S/C14H20N2OS/c1-16(11-4-3-5-11)9-10-6-7-12(14(15)18)13(8-10)17-2/h6-8,11H,3-5,9H2,1-2H3,(H2,15,18). The van der Waals surface area contributed by atoms with Crippen LogP contribution in [0.4, 0.5) is 0 Å². The van der Waals surface area contributed by atoms with Crippen molar-refractivity contribution < 1.29 is 4.74 Å². The van der Waals surface area contributed by atoms with Crippen molar-refractivity contribution in [3.05, 3.63) is 29.3 Å². The first-order valence-corrected chi connectivity index (χ1v) is 6.69. The number of thiocarbonyl (C=S) groups is 1. The molecule has 0 aliphatic heterocycles. The van der Waals surface area contributed by atoms with Crippen LogP contribution < -0.4 is 10.5 Å². The van der Waals surface area contributed by atoms with Gasteiger partial charge in [-0.15, -0.1) is 0 Å². The van der Waals surface area contributed by atoms with Crippen LogP contribution in [0.25, 0.3) is 0 Å². The normalized spacial score (nSPS) is 15.5. The number of rotatable bonds is 5. The average Bonchev–Trinajstić information content (AvgIpc) is 2.25. The number of hydrogen-bond donors (Lipinski definition) is 1. The summed E-state index contributed by atoms with van der Waals surface area (Å²) in [5.74, 6) is 0.766. The van der Waals surface area contributed by atoms with Crippen LogP contribution in [-0.2, 0) is 6.54 Å². The zero-order valence-electron chi connectivity index (χ0n) is 11.0. The lowest BCUT2D eigenvalue weighted by atomic mass is 9.91. The lowest BCUT2D eigenvalue weighted by molar-refractivity contribution is 0.152. The molecule has 0 atom stereocenters. The summed E-state index contributed by atoms with van der Waals surface area (Å²) in [6.45, 7) is 0.943. The Balaban J connectivity index is 2.11. The number of benzene rings is 1. The van der Waals surface area contributed by atoms with Gasteiger partial charge >= 0.3 is 0 Å². The van der Waals surface area contributed by atoms with Crippen LogP contribution in [0.15, 0.2) is 18.2 Å². The van der Waals surface area contributed by atoms with E-state index in [2.05, 4.69) is 18.0 Å². The average molecular weight is 264 g/mol. The fourth-order valence-electron chi connectivity index (χ4n) is 2.28. The summed E-state index contributed by atoms with van der Waals surface area (Å²) in [5.41, 5.74) is 7.71. The molecule has 1 saturated carbocycles. The summed E-state index contributed by atoms with van der Waals surface area (Å²) >= 11 is 5.00. The summed E-state index contributed by atoms with van der Waals surface area (Å²) in [4.78, 5) is 2.78. The second-order valence-electron chi connectivity index (χ2n) is 4.90. The highest BCUT2D eigenvalue weighted by atomic mass is 32.1. The third-order valence-corrected chi connectivity index (χ3v) is 3.88. The Labute approximate surface area is 114 Å². The fraction of sp³-hybridized carbons (Fsp3) is 0.500. The van der Waals surface area contributed by atoms with E-state index in [1.807, 2.05) is 12.1 Å². The molecule has 0 spiro atoms. The van der Waals surface area contributed by atoms with Gasteiger partial charge in [0.1, 0.15) is 10.7 Å². The molecule has 1 fully saturated rings. The van der Waals surface area contributed by atoms with Crippen molar-refractivity contribution >= 4 is 17.2 Å². The molecule has 0 heterocycles. The van der Waals surface area contributed by atoms with Crippen LogP contribution in [0, 0.1) is 0 Å². The van der Waals surface area contributed by atoms with E-state index in [0.717, 1.165) is 23.9 Å². The molecule has 0 radical (unpaired) electrons. The van der Waals surface area contributed by atoms with Gasteiger partial charge in [-0.25, -0.2) is 0 Å². The summed E-state index contributed by atoms with van der Waals surface area (Å²) in [7, 11) is 3.83. The van der Waals surface area contributed by atoms with E-state index in [1.165, 1.54) is 24.8 Å². The van der Waals surface area contributed by atoms with E-state index in [4.69, 9.17) is 22.7 Å². The Morgan fingerprint density at radius 2 is 2.22 bits per heavy atom. The van der Waals surface area contributed by atoms with Crippen molar-refractivity contribution in [3.63, 3.8) is 0 Å². The molecule has 0 saturated heterocycles. The lowest BCUT2D eigenvalue weighted by Gasteiger charge is -2.34. The van der Waals surface area contributed by atoms with Gasteiger partial charge in [0.2, 0.25) is 0 Å². The van der Waals surface area contributed by atoms with Gasteiger partial charge < -0.3 is 10.5 Å². The van der Waals surface area contributed by atoms with Crippen molar-refractivity contribution in [3.8, 4) is 5.75 Å². The minimum absolute atomic E-state index is 0.380. The molecule has 18 heavy (non-hydrogen) atoms. The van der Waals surface area contributed by atoms with Crippen LogP contribution in [0.5, 0.6) is 5.75 Å². The monoisotopic (exact) mass is 264 g/mol.